The van der Waals surface area contributed by atoms with Crippen LogP contribution in [0.5, 0.6) is 0 Å². The molecule has 2 heteroatoms. The molecule has 1 aromatic rings. The van der Waals surface area contributed by atoms with Gasteiger partial charge in [-0.3, -0.25) is 0 Å². The number of rotatable bonds is 2. The van der Waals surface area contributed by atoms with Gasteiger partial charge in [0.05, 0.1) is 0 Å². The molecule has 0 aliphatic carbocycles. The Bertz CT molecular complexity index is 388. The highest BCUT2D eigenvalue weighted by Crippen LogP contribution is 2.24. The highest BCUT2D eigenvalue weighted by molar-refractivity contribution is 9.10. The zero-order valence-corrected chi connectivity index (χ0v) is 11.3. The summed E-state index contributed by atoms with van der Waals surface area (Å²) in [7, 11) is 0. The summed E-state index contributed by atoms with van der Waals surface area (Å²) < 4.78 is 1.23. The molecule has 1 heterocycles. The molecule has 0 radical (unpaired) electrons. The molecule has 0 aromatic heterocycles. The molecule has 86 valence electrons. The third-order valence-electron chi connectivity index (χ3n) is 3.11. The van der Waals surface area contributed by atoms with Gasteiger partial charge in [0, 0.05) is 4.47 Å². The molecule has 1 aliphatic heterocycles. The quantitative estimate of drug-likeness (QED) is 0.869. The van der Waals surface area contributed by atoms with Gasteiger partial charge in [-0.2, -0.15) is 0 Å². The molecule has 0 unspecified atom stereocenters. The lowest BCUT2D eigenvalue weighted by Crippen LogP contribution is -2.22. The van der Waals surface area contributed by atoms with E-state index in [1.165, 1.54) is 28.4 Å². The molecule has 0 spiro atoms. The minimum absolute atomic E-state index is 1.08. The van der Waals surface area contributed by atoms with Gasteiger partial charge in [0.15, 0.2) is 0 Å². The predicted octanol–water partition coefficient (Wildman–Crippen LogP) is 3.78. The molecule has 1 N–H and O–H groups in total. The fraction of sp³-hybridized carbons (Fsp3) is 0.429. The second-order valence-electron chi connectivity index (χ2n) is 4.21. The van der Waals surface area contributed by atoms with E-state index in [-0.39, 0.29) is 0 Å². The number of hydrogen-bond donors (Lipinski definition) is 1. The van der Waals surface area contributed by atoms with Crippen LogP contribution < -0.4 is 5.32 Å². The maximum atomic E-state index is 3.63. The summed E-state index contributed by atoms with van der Waals surface area (Å²) in [5.41, 5.74) is 4.38. The molecule has 1 fully saturated rings. The Kier molecular flexibility index (Phi) is 4.19. The third kappa shape index (κ3) is 2.74. The van der Waals surface area contributed by atoms with Crippen LogP contribution in [0.3, 0.4) is 0 Å². The normalized spacial score (nSPS) is 16.2. The summed E-state index contributed by atoms with van der Waals surface area (Å²) in [6.07, 6.45) is 5.84. The van der Waals surface area contributed by atoms with Crippen molar-refractivity contribution in [2.24, 2.45) is 0 Å². The van der Waals surface area contributed by atoms with Crippen LogP contribution in [0.15, 0.2) is 28.2 Å². The first-order chi connectivity index (χ1) is 7.81. The van der Waals surface area contributed by atoms with Gasteiger partial charge in [-0.1, -0.05) is 46.6 Å². The van der Waals surface area contributed by atoms with Crippen molar-refractivity contribution in [2.45, 2.75) is 26.2 Å². The first-order valence-corrected chi connectivity index (χ1v) is 6.78. The third-order valence-corrected chi connectivity index (χ3v) is 3.86. The summed E-state index contributed by atoms with van der Waals surface area (Å²) in [6, 6.07) is 6.47. The van der Waals surface area contributed by atoms with E-state index in [4.69, 9.17) is 0 Å². The molecule has 1 nitrogen and oxygen atoms in total. The highest BCUT2D eigenvalue weighted by Gasteiger charge is 2.07. The maximum absolute atomic E-state index is 3.63. The summed E-state index contributed by atoms with van der Waals surface area (Å²) >= 11 is 3.63. The Balaban J connectivity index is 2.29. The Morgan fingerprint density at radius 3 is 2.75 bits per heavy atom. The topological polar surface area (TPSA) is 12.0 Å². The van der Waals surface area contributed by atoms with E-state index < -0.39 is 0 Å². The van der Waals surface area contributed by atoms with E-state index in [0.29, 0.717) is 0 Å². The molecule has 0 saturated carbocycles. The Morgan fingerprint density at radius 2 is 2.06 bits per heavy atom. The van der Waals surface area contributed by atoms with Gasteiger partial charge < -0.3 is 5.32 Å². The van der Waals surface area contributed by atoms with Gasteiger partial charge in [0.2, 0.25) is 0 Å². The van der Waals surface area contributed by atoms with Crippen molar-refractivity contribution >= 4 is 22.0 Å². The smallest absolute Gasteiger partial charge is 0.0213 e. The highest BCUT2D eigenvalue weighted by atomic mass is 79.9. The molecule has 2 rings (SSSR count). The van der Waals surface area contributed by atoms with E-state index in [9.17, 15) is 0 Å². The molecule has 0 atom stereocenters. The Labute approximate surface area is 106 Å². The molecule has 1 aliphatic rings. The van der Waals surface area contributed by atoms with Crippen molar-refractivity contribution in [3.05, 3.63) is 39.4 Å². The van der Waals surface area contributed by atoms with Gasteiger partial charge in [0.25, 0.3) is 0 Å². The largest absolute Gasteiger partial charge is 0.316 e. The van der Waals surface area contributed by atoms with Crippen molar-refractivity contribution in [3.63, 3.8) is 0 Å². The van der Waals surface area contributed by atoms with Crippen LogP contribution in [-0.4, -0.2) is 13.1 Å². The lowest BCUT2D eigenvalue weighted by atomic mass is 9.98. The predicted molar refractivity (Wildman–Crippen MR) is 73.6 cm³/mol. The van der Waals surface area contributed by atoms with Gasteiger partial charge in [-0.05, 0) is 49.5 Å². The van der Waals surface area contributed by atoms with Crippen molar-refractivity contribution in [1.29, 1.82) is 0 Å². The fourth-order valence-electron chi connectivity index (χ4n) is 2.20. The molecule has 1 aromatic carbocycles. The van der Waals surface area contributed by atoms with E-state index in [2.05, 4.69) is 52.4 Å². The second-order valence-corrected chi connectivity index (χ2v) is 5.07. The molecular formula is C14H18BrN. The summed E-state index contributed by atoms with van der Waals surface area (Å²) in [6.45, 7) is 4.47. The van der Waals surface area contributed by atoms with E-state index >= 15 is 0 Å². The monoisotopic (exact) mass is 279 g/mol. The molecule has 1 saturated heterocycles. The average Bonchev–Trinajstić information content (AvgIpc) is 2.31. The maximum Gasteiger partial charge on any atom is 0.0213 e. The number of halogens is 1. The van der Waals surface area contributed by atoms with E-state index in [1.54, 1.807) is 5.57 Å². The minimum atomic E-state index is 1.08. The molecule has 0 bridgehead atoms. The molecule has 0 amide bonds. The lowest BCUT2D eigenvalue weighted by Gasteiger charge is -2.16. The number of benzene rings is 1. The van der Waals surface area contributed by atoms with Gasteiger partial charge >= 0.3 is 0 Å². The van der Waals surface area contributed by atoms with Crippen LogP contribution in [-0.2, 0) is 6.42 Å². The van der Waals surface area contributed by atoms with E-state index in [0.717, 1.165) is 19.5 Å². The fourth-order valence-corrected chi connectivity index (χ4v) is 2.86. The zero-order chi connectivity index (χ0) is 11.4. The zero-order valence-electron chi connectivity index (χ0n) is 9.72. The first kappa shape index (κ1) is 11.9. The van der Waals surface area contributed by atoms with Crippen molar-refractivity contribution in [1.82, 2.24) is 5.32 Å². The van der Waals surface area contributed by atoms with Crippen LogP contribution in [0.1, 0.15) is 30.9 Å². The molecular weight excluding hydrogens is 262 g/mol. The van der Waals surface area contributed by atoms with Crippen molar-refractivity contribution in [2.75, 3.05) is 13.1 Å². The Morgan fingerprint density at radius 1 is 1.31 bits per heavy atom. The summed E-state index contributed by atoms with van der Waals surface area (Å²) in [5.74, 6) is 0. The standard InChI is InChI=1S/C14H18BrN/c1-2-13-12(4-3-5-14(13)15)10-11-6-8-16-9-7-11/h3-5,10,16H,2,6-9H2,1H3. The summed E-state index contributed by atoms with van der Waals surface area (Å²) in [4.78, 5) is 0. The van der Waals surface area contributed by atoms with Crippen LogP contribution >= 0.6 is 15.9 Å². The number of piperidine rings is 1. The van der Waals surface area contributed by atoms with Gasteiger partial charge in [-0.15, -0.1) is 0 Å². The van der Waals surface area contributed by atoms with Crippen LogP contribution in [0.25, 0.3) is 6.08 Å². The number of nitrogens with one attached hydrogen (secondary N) is 1. The van der Waals surface area contributed by atoms with Gasteiger partial charge in [0.1, 0.15) is 0 Å². The number of hydrogen-bond acceptors (Lipinski definition) is 1. The molecule has 16 heavy (non-hydrogen) atoms. The van der Waals surface area contributed by atoms with Gasteiger partial charge in [-0.25, -0.2) is 0 Å². The SMILES string of the molecule is CCc1c(Br)cccc1C=C1CCNCC1. The summed E-state index contributed by atoms with van der Waals surface area (Å²) in [5, 5.41) is 3.39. The van der Waals surface area contributed by atoms with Crippen molar-refractivity contribution < 1.29 is 0 Å². The van der Waals surface area contributed by atoms with E-state index in [1.807, 2.05) is 0 Å². The second kappa shape index (κ2) is 5.65. The average molecular weight is 280 g/mol. The van der Waals surface area contributed by atoms with Crippen LogP contribution in [0.4, 0.5) is 0 Å². The lowest BCUT2D eigenvalue weighted by molar-refractivity contribution is 0.613. The minimum Gasteiger partial charge on any atom is -0.316 e. The first-order valence-electron chi connectivity index (χ1n) is 5.99. The van der Waals surface area contributed by atoms with Crippen molar-refractivity contribution in [3.8, 4) is 0 Å². The van der Waals surface area contributed by atoms with Crippen LogP contribution in [0, 0.1) is 0 Å². The Hall–Kier alpha value is -0.600. The van der Waals surface area contributed by atoms with Crippen LogP contribution in [0.2, 0.25) is 0 Å².